The fourth-order valence-corrected chi connectivity index (χ4v) is 3.81. The van der Waals surface area contributed by atoms with Crippen LogP contribution >= 0.6 is 0 Å². The first-order chi connectivity index (χ1) is 11.7. The van der Waals surface area contributed by atoms with Crippen LogP contribution in [0.1, 0.15) is 51.4 Å². The van der Waals surface area contributed by atoms with Gasteiger partial charge in [0, 0.05) is 13.2 Å². The van der Waals surface area contributed by atoms with E-state index < -0.39 is 0 Å². The van der Waals surface area contributed by atoms with Crippen LogP contribution in [-0.4, -0.2) is 50.6 Å². The summed E-state index contributed by atoms with van der Waals surface area (Å²) in [6.45, 7) is 2.08. The number of ether oxygens (including phenoxy) is 4. The molecule has 3 aliphatic rings. The minimum atomic E-state index is -0.378. The molecule has 4 atom stereocenters. The van der Waals surface area contributed by atoms with Crippen molar-refractivity contribution in [2.75, 3.05) is 26.4 Å². The summed E-state index contributed by atoms with van der Waals surface area (Å²) in [6, 6.07) is 0. The molecule has 0 spiro atoms. The summed E-state index contributed by atoms with van der Waals surface area (Å²) >= 11 is 0. The molecule has 0 aromatic carbocycles. The van der Waals surface area contributed by atoms with Gasteiger partial charge in [-0.25, -0.2) is 0 Å². The van der Waals surface area contributed by atoms with Gasteiger partial charge in [-0.3, -0.25) is 9.59 Å². The van der Waals surface area contributed by atoms with E-state index in [0.717, 1.165) is 51.7 Å². The Labute approximate surface area is 143 Å². The maximum Gasteiger partial charge on any atom is 0.309 e. The molecule has 2 saturated heterocycles. The van der Waals surface area contributed by atoms with Crippen molar-refractivity contribution in [3.8, 4) is 0 Å². The number of hydrogen-bond acceptors (Lipinski definition) is 6. The van der Waals surface area contributed by atoms with E-state index >= 15 is 0 Å². The molecule has 3 rings (SSSR count). The molecule has 0 aromatic rings. The lowest BCUT2D eigenvalue weighted by atomic mass is 9.79. The van der Waals surface area contributed by atoms with Gasteiger partial charge in [-0.15, -0.1) is 0 Å². The fraction of sp³-hybridized carbons (Fsp3) is 0.889. The summed E-state index contributed by atoms with van der Waals surface area (Å²) in [7, 11) is 0. The van der Waals surface area contributed by atoms with Crippen molar-refractivity contribution >= 4 is 11.9 Å². The lowest BCUT2D eigenvalue weighted by Gasteiger charge is -2.28. The van der Waals surface area contributed by atoms with Crippen LogP contribution in [0.15, 0.2) is 0 Å². The second-order valence-electron chi connectivity index (χ2n) is 7.03. The Hall–Kier alpha value is -1.14. The van der Waals surface area contributed by atoms with Crippen molar-refractivity contribution in [3.05, 3.63) is 0 Å². The molecule has 0 aromatic heterocycles. The van der Waals surface area contributed by atoms with Crippen LogP contribution in [0.4, 0.5) is 0 Å². The van der Waals surface area contributed by atoms with Crippen LogP contribution in [0.5, 0.6) is 0 Å². The molecule has 0 radical (unpaired) electrons. The van der Waals surface area contributed by atoms with E-state index in [2.05, 4.69) is 0 Å². The highest BCUT2D eigenvalue weighted by Crippen LogP contribution is 2.32. The van der Waals surface area contributed by atoms with Crippen LogP contribution in [0.3, 0.4) is 0 Å². The lowest BCUT2D eigenvalue weighted by molar-refractivity contribution is -0.166. The number of carbonyl (C=O) groups excluding carboxylic acids is 2. The summed E-state index contributed by atoms with van der Waals surface area (Å²) in [6.07, 6.45) is 7.24. The Morgan fingerprint density at radius 3 is 1.54 bits per heavy atom. The van der Waals surface area contributed by atoms with Gasteiger partial charge in [-0.05, 0) is 38.5 Å². The van der Waals surface area contributed by atoms with Crippen molar-refractivity contribution < 1.29 is 28.5 Å². The first kappa shape index (κ1) is 17.7. The van der Waals surface area contributed by atoms with Crippen molar-refractivity contribution in [1.29, 1.82) is 0 Å². The molecule has 0 N–H and O–H groups in total. The van der Waals surface area contributed by atoms with E-state index in [-0.39, 0.29) is 36.0 Å². The molecule has 2 heterocycles. The zero-order chi connectivity index (χ0) is 16.8. The summed E-state index contributed by atoms with van der Waals surface area (Å²) in [4.78, 5) is 24.8. The SMILES string of the molecule is O=C(OCC1CCCO1)C1CCCCC1C(=O)OCC1CCCO1. The van der Waals surface area contributed by atoms with Crippen molar-refractivity contribution in [2.45, 2.75) is 63.6 Å². The Morgan fingerprint density at radius 1 is 0.708 bits per heavy atom. The standard InChI is InChI=1S/C18H28O6/c19-17(23-11-13-5-3-9-21-13)15-7-1-2-8-16(15)18(20)24-12-14-6-4-10-22-14/h13-16H,1-12H2. The monoisotopic (exact) mass is 340 g/mol. The first-order valence-electron chi connectivity index (χ1n) is 9.30. The largest absolute Gasteiger partial charge is 0.463 e. The zero-order valence-corrected chi connectivity index (χ0v) is 14.2. The first-order valence-corrected chi connectivity index (χ1v) is 9.30. The molecule has 136 valence electrons. The topological polar surface area (TPSA) is 71.1 Å². The predicted octanol–water partition coefficient (Wildman–Crippen LogP) is 2.24. The van der Waals surface area contributed by atoms with E-state index in [0.29, 0.717) is 26.1 Å². The minimum Gasteiger partial charge on any atom is -0.463 e. The maximum absolute atomic E-state index is 12.4. The van der Waals surface area contributed by atoms with Gasteiger partial charge in [0.15, 0.2) is 0 Å². The summed E-state index contributed by atoms with van der Waals surface area (Å²) in [5, 5.41) is 0. The third-order valence-corrected chi connectivity index (χ3v) is 5.24. The molecule has 0 bridgehead atoms. The molecular formula is C18H28O6. The van der Waals surface area contributed by atoms with Crippen molar-refractivity contribution in [2.24, 2.45) is 11.8 Å². The highest BCUT2D eigenvalue weighted by Gasteiger charge is 2.38. The van der Waals surface area contributed by atoms with E-state index in [4.69, 9.17) is 18.9 Å². The van der Waals surface area contributed by atoms with Crippen LogP contribution < -0.4 is 0 Å². The summed E-state index contributed by atoms with van der Waals surface area (Å²) in [5.74, 6) is -1.30. The van der Waals surface area contributed by atoms with Gasteiger partial charge >= 0.3 is 11.9 Å². The highest BCUT2D eigenvalue weighted by atomic mass is 16.6. The van der Waals surface area contributed by atoms with E-state index in [1.807, 2.05) is 0 Å². The summed E-state index contributed by atoms with van der Waals surface area (Å²) in [5.41, 5.74) is 0. The molecule has 6 nitrogen and oxygen atoms in total. The third kappa shape index (κ3) is 4.70. The van der Waals surface area contributed by atoms with Crippen molar-refractivity contribution in [3.63, 3.8) is 0 Å². The number of esters is 2. The summed E-state index contributed by atoms with van der Waals surface area (Å²) < 4.78 is 21.8. The molecular weight excluding hydrogens is 312 g/mol. The third-order valence-electron chi connectivity index (χ3n) is 5.24. The second kappa shape index (κ2) is 8.81. The van der Waals surface area contributed by atoms with Gasteiger partial charge in [0.2, 0.25) is 0 Å². The van der Waals surface area contributed by atoms with Crippen LogP contribution in [0, 0.1) is 11.8 Å². The highest BCUT2D eigenvalue weighted by molar-refractivity contribution is 5.82. The van der Waals surface area contributed by atoms with Crippen LogP contribution in [0.25, 0.3) is 0 Å². The predicted molar refractivity (Wildman–Crippen MR) is 85.3 cm³/mol. The van der Waals surface area contributed by atoms with Crippen LogP contribution in [-0.2, 0) is 28.5 Å². The maximum atomic E-state index is 12.4. The van der Waals surface area contributed by atoms with Crippen molar-refractivity contribution in [1.82, 2.24) is 0 Å². The number of hydrogen-bond donors (Lipinski definition) is 0. The minimum absolute atomic E-state index is 0.0162. The smallest absolute Gasteiger partial charge is 0.309 e. The molecule has 2 aliphatic heterocycles. The van der Waals surface area contributed by atoms with Gasteiger partial charge < -0.3 is 18.9 Å². The fourth-order valence-electron chi connectivity index (χ4n) is 3.81. The lowest BCUT2D eigenvalue weighted by Crippen LogP contribution is -2.36. The van der Waals surface area contributed by atoms with Gasteiger partial charge in [-0.1, -0.05) is 12.8 Å². The Bertz CT molecular complexity index is 385. The molecule has 1 saturated carbocycles. The van der Waals surface area contributed by atoms with Gasteiger partial charge in [0.1, 0.15) is 13.2 Å². The molecule has 1 aliphatic carbocycles. The van der Waals surface area contributed by atoms with E-state index in [9.17, 15) is 9.59 Å². The van der Waals surface area contributed by atoms with E-state index in [1.165, 1.54) is 0 Å². The molecule has 3 fully saturated rings. The Kier molecular flexibility index (Phi) is 6.49. The molecule has 6 heteroatoms. The quantitative estimate of drug-likeness (QED) is 0.691. The second-order valence-corrected chi connectivity index (χ2v) is 7.03. The Balaban J connectivity index is 1.47. The average molecular weight is 340 g/mol. The van der Waals surface area contributed by atoms with Gasteiger partial charge in [0.05, 0.1) is 24.0 Å². The molecule has 4 unspecified atom stereocenters. The van der Waals surface area contributed by atoms with Crippen LogP contribution in [0.2, 0.25) is 0 Å². The number of rotatable bonds is 6. The van der Waals surface area contributed by atoms with Gasteiger partial charge in [-0.2, -0.15) is 0 Å². The normalized spacial score (nSPS) is 33.3. The zero-order valence-electron chi connectivity index (χ0n) is 14.2. The van der Waals surface area contributed by atoms with E-state index in [1.54, 1.807) is 0 Å². The molecule has 24 heavy (non-hydrogen) atoms. The Morgan fingerprint density at radius 2 is 1.17 bits per heavy atom. The molecule has 0 amide bonds. The average Bonchev–Trinajstić information content (AvgIpc) is 3.31. The van der Waals surface area contributed by atoms with Gasteiger partial charge in [0.25, 0.3) is 0 Å². The number of carbonyl (C=O) groups is 2.